The van der Waals surface area contributed by atoms with E-state index in [0.717, 1.165) is 30.8 Å². The van der Waals surface area contributed by atoms with E-state index in [1.165, 1.54) is 18.4 Å². The number of amides is 2. The van der Waals surface area contributed by atoms with Gasteiger partial charge < -0.3 is 15.1 Å². The highest BCUT2D eigenvalue weighted by Gasteiger charge is 2.35. The number of rotatable bonds is 7. The van der Waals surface area contributed by atoms with E-state index in [-0.39, 0.29) is 23.8 Å². The average Bonchev–Trinajstić information content (AvgIpc) is 3.40. The minimum absolute atomic E-state index is 0.0113. The number of carbonyl (C=O) groups is 2. The first kappa shape index (κ1) is 20.6. The average molecular weight is 406 g/mol. The fourth-order valence-electron chi connectivity index (χ4n) is 4.45. The summed E-state index contributed by atoms with van der Waals surface area (Å²) in [6, 6.07) is 18.4. The molecule has 0 bridgehead atoms. The largest absolute Gasteiger partial charge is 0.348 e. The molecule has 5 heteroatoms. The van der Waals surface area contributed by atoms with Crippen molar-refractivity contribution in [2.24, 2.45) is 5.92 Å². The summed E-state index contributed by atoms with van der Waals surface area (Å²) in [7, 11) is 0. The highest BCUT2D eigenvalue weighted by atomic mass is 16.2. The minimum atomic E-state index is -0.285. The second-order valence-corrected chi connectivity index (χ2v) is 8.64. The van der Waals surface area contributed by atoms with Crippen molar-refractivity contribution in [1.82, 2.24) is 15.1 Å². The van der Waals surface area contributed by atoms with Gasteiger partial charge in [0.25, 0.3) is 0 Å². The third-order valence-corrected chi connectivity index (χ3v) is 6.24. The van der Waals surface area contributed by atoms with Crippen LogP contribution < -0.4 is 5.32 Å². The molecule has 158 valence electrons. The number of nitrogens with zero attached hydrogens (tertiary/aromatic N) is 2. The molecule has 2 aromatic rings. The first-order valence-electron chi connectivity index (χ1n) is 11.0. The lowest BCUT2D eigenvalue weighted by molar-refractivity contribution is -0.129. The maximum Gasteiger partial charge on any atom is 0.225 e. The van der Waals surface area contributed by atoms with Gasteiger partial charge in [-0.3, -0.25) is 9.59 Å². The monoisotopic (exact) mass is 405 g/mol. The van der Waals surface area contributed by atoms with Crippen molar-refractivity contribution in [3.63, 3.8) is 0 Å². The van der Waals surface area contributed by atoms with Crippen LogP contribution in [0.3, 0.4) is 0 Å². The first-order chi connectivity index (χ1) is 14.6. The molecule has 0 aliphatic carbocycles. The minimum Gasteiger partial charge on any atom is -0.348 e. The standard InChI is InChI=1S/C25H31N3O2/c1-19-9-11-20(12-10-19)16-28-17-22(15-24(28)29)25(30)26-23(18-27-13-5-6-14-27)21-7-3-2-4-8-21/h2-4,7-12,22-23H,5-6,13-18H2,1H3,(H,26,30). The van der Waals surface area contributed by atoms with Gasteiger partial charge in [0.2, 0.25) is 11.8 Å². The molecular weight excluding hydrogens is 374 g/mol. The molecule has 0 spiro atoms. The summed E-state index contributed by atoms with van der Waals surface area (Å²) in [6.07, 6.45) is 2.74. The normalized spacial score (nSPS) is 20.5. The van der Waals surface area contributed by atoms with Gasteiger partial charge in [-0.2, -0.15) is 0 Å². The summed E-state index contributed by atoms with van der Waals surface area (Å²) < 4.78 is 0. The molecule has 4 rings (SSSR count). The Kier molecular flexibility index (Phi) is 6.48. The van der Waals surface area contributed by atoms with E-state index in [1.807, 2.05) is 23.1 Å². The highest BCUT2D eigenvalue weighted by Crippen LogP contribution is 2.23. The quantitative estimate of drug-likeness (QED) is 0.769. The van der Waals surface area contributed by atoms with Crippen LogP contribution in [0.5, 0.6) is 0 Å². The van der Waals surface area contributed by atoms with Gasteiger partial charge in [0.15, 0.2) is 0 Å². The lowest BCUT2D eigenvalue weighted by Gasteiger charge is -2.26. The van der Waals surface area contributed by atoms with E-state index >= 15 is 0 Å². The summed E-state index contributed by atoms with van der Waals surface area (Å²) in [6.45, 7) is 6.11. The Hall–Kier alpha value is -2.66. The zero-order valence-electron chi connectivity index (χ0n) is 17.7. The van der Waals surface area contributed by atoms with E-state index in [4.69, 9.17) is 0 Å². The molecule has 2 aliphatic rings. The molecule has 30 heavy (non-hydrogen) atoms. The van der Waals surface area contributed by atoms with E-state index in [1.54, 1.807) is 0 Å². The van der Waals surface area contributed by atoms with E-state index in [0.29, 0.717) is 19.5 Å². The maximum atomic E-state index is 13.1. The van der Waals surface area contributed by atoms with Crippen molar-refractivity contribution in [3.8, 4) is 0 Å². The van der Waals surface area contributed by atoms with Crippen molar-refractivity contribution in [2.75, 3.05) is 26.2 Å². The van der Waals surface area contributed by atoms with Gasteiger partial charge in [-0.1, -0.05) is 60.2 Å². The van der Waals surface area contributed by atoms with E-state index in [2.05, 4.69) is 53.5 Å². The molecule has 5 nitrogen and oxygen atoms in total. The van der Waals surface area contributed by atoms with Crippen molar-refractivity contribution < 1.29 is 9.59 Å². The Morgan fingerprint density at radius 3 is 2.47 bits per heavy atom. The number of hydrogen-bond acceptors (Lipinski definition) is 3. The predicted octanol–water partition coefficient (Wildman–Crippen LogP) is 3.30. The molecule has 2 fully saturated rings. The topological polar surface area (TPSA) is 52.7 Å². The Morgan fingerprint density at radius 1 is 1.07 bits per heavy atom. The van der Waals surface area contributed by atoms with Crippen LogP contribution in [0.4, 0.5) is 0 Å². The van der Waals surface area contributed by atoms with Crippen LogP contribution in [-0.4, -0.2) is 47.8 Å². The van der Waals surface area contributed by atoms with E-state index in [9.17, 15) is 9.59 Å². The fourth-order valence-corrected chi connectivity index (χ4v) is 4.45. The van der Waals surface area contributed by atoms with Gasteiger partial charge in [0.05, 0.1) is 12.0 Å². The van der Waals surface area contributed by atoms with Gasteiger partial charge in [-0.25, -0.2) is 0 Å². The Bertz CT molecular complexity index is 860. The van der Waals surface area contributed by atoms with Crippen molar-refractivity contribution in [1.29, 1.82) is 0 Å². The van der Waals surface area contributed by atoms with Gasteiger partial charge >= 0.3 is 0 Å². The van der Waals surface area contributed by atoms with Crippen LogP contribution in [0, 0.1) is 12.8 Å². The van der Waals surface area contributed by atoms with Crippen LogP contribution in [0.15, 0.2) is 54.6 Å². The molecule has 2 amide bonds. The summed E-state index contributed by atoms with van der Waals surface area (Å²) >= 11 is 0. The molecule has 2 aromatic carbocycles. The second-order valence-electron chi connectivity index (χ2n) is 8.64. The van der Waals surface area contributed by atoms with Crippen LogP contribution in [0.25, 0.3) is 0 Å². The molecule has 0 aromatic heterocycles. The number of likely N-dealkylation sites (tertiary alicyclic amines) is 2. The zero-order valence-corrected chi connectivity index (χ0v) is 17.7. The predicted molar refractivity (Wildman–Crippen MR) is 118 cm³/mol. The zero-order chi connectivity index (χ0) is 20.9. The molecule has 2 aliphatic heterocycles. The van der Waals surface area contributed by atoms with Crippen LogP contribution in [0.2, 0.25) is 0 Å². The van der Waals surface area contributed by atoms with Crippen LogP contribution in [-0.2, 0) is 16.1 Å². The van der Waals surface area contributed by atoms with Crippen molar-refractivity contribution >= 4 is 11.8 Å². The van der Waals surface area contributed by atoms with Crippen LogP contribution in [0.1, 0.15) is 42.0 Å². The number of hydrogen-bond donors (Lipinski definition) is 1. The third-order valence-electron chi connectivity index (χ3n) is 6.24. The van der Waals surface area contributed by atoms with E-state index < -0.39 is 0 Å². The first-order valence-corrected chi connectivity index (χ1v) is 11.0. The Morgan fingerprint density at radius 2 is 1.77 bits per heavy atom. The lowest BCUT2D eigenvalue weighted by atomic mass is 10.0. The summed E-state index contributed by atoms with van der Waals surface area (Å²) in [5, 5.41) is 3.26. The molecule has 1 N–H and O–H groups in total. The molecule has 2 atom stereocenters. The highest BCUT2D eigenvalue weighted by molar-refractivity contribution is 5.89. The smallest absolute Gasteiger partial charge is 0.225 e. The van der Waals surface area contributed by atoms with Gasteiger partial charge in [0, 0.05) is 26.1 Å². The Balaban J connectivity index is 1.39. The number of benzene rings is 2. The number of nitrogens with one attached hydrogen (secondary N) is 1. The van der Waals surface area contributed by atoms with Crippen molar-refractivity contribution in [2.45, 2.75) is 38.8 Å². The molecular formula is C25H31N3O2. The molecule has 2 unspecified atom stereocenters. The number of carbonyl (C=O) groups excluding carboxylic acids is 2. The van der Waals surface area contributed by atoms with Gasteiger partial charge in [0.1, 0.15) is 0 Å². The van der Waals surface area contributed by atoms with Crippen LogP contribution >= 0.6 is 0 Å². The second kappa shape index (κ2) is 9.43. The van der Waals surface area contributed by atoms with Gasteiger partial charge in [-0.15, -0.1) is 0 Å². The SMILES string of the molecule is Cc1ccc(CN2CC(C(=O)NC(CN3CCCC3)c3ccccc3)CC2=O)cc1. The molecule has 0 radical (unpaired) electrons. The summed E-state index contributed by atoms with van der Waals surface area (Å²) in [5.74, 6) is -0.234. The lowest BCUT2D eigenvalue weighted by Crippen LogP contribution is -2.40. The molecule has 2 saturated heterocycles. The van der Waals surface area contributed by atoms with Crippen molar-refractivity contribution in [3.05, 3.63) is 71.3 Å². The summed E-state index contributed by atoms with van der Waals surface area (Å²) in [4.78, 5) is 29.8. The third kappa shape index (κ3) is 5.08. The Labute approximate surface area is 179 Å². The molecule has 0 saturated carbocycles. The fraction of sp³-hybridized carbons (Fsp3) is 0.440. The maximum absolute atomic E-state index is 13.1. The van der Waals surface area contributed by atoms with Gasteiger partial charge in [-0.05, 0) is 44.0 Å². The molecule has 2 heterocycles. The number of aryl methyl sites for hydroxylation is 1. The summed E-state index contributed by atoms with van der Waals surface area (Å²) in [5.41, 5.74) is 3.43.